The van der Waals surface area contributed by atoms with E-state index in [1.165, 1.54) is 32.1 Å². The monoisotopic (exact) mass is 378 g/mol. The van der Waals surface area contributed by atoms with Crippen LogP contribution in [-0.4, -0.2) is 0 Å². The van der Waals surface area contributed by atoms with E-state index in [-0.39, 0.29) is 0 Å². The smallest absolute Gasteiger partial charge is 0.0295 e. The molecule has 0 amide bonds. The summed E-state index contributed by atoms with van der Waals surface area (Å²) in [4.78, 5) is 0. The molecule has 0 heterocycles. The largest absolute Gasteiger partial charge is 0.0654 e. The third-order valence-electron chi connectivity index (χ3n) is 9.83. The van der Waals surface area contributed by atoms with Gasteiger partial charge in [-0.05, 0) is 64.6 Å². The summed E-state index contributed by atoms with van der Waals surface area (Å²) in [5.74, 6) is 6.85. The van der Waals surface area contributed by atoms with Gasteiger partial charge >= 0.3 is 0 Å². The summed E-state index contributed by atoms with van der Waals surface area (Å²) in [5.41, 5.74) is 0.848. The van der Waals surface area contributed by atoms with Crippen molar-refractivity contribution in [2.45, 2.75) is 115 Å². The first-order valence-electron chi connectivity index (χ1n) is 12.3. The molecule has 1 aliphatic carbocycles. The predicted octanol–water partition coefficient (Wildman–Crippen LogP) is 9.09. The lowest BCUT2D eigenvalue weighted by atomic mass is 9.46. The molecule has 0 radical (unpaired) electrons. The van der Waals surface area contributed by atoms with Crippen LogP contribution in [0.2, 0.25) is 0 Å². The molecule has 6 atom stereocenters. The summed E-state index contributed by atoms with van der Waals surface area (Å²) in [6.07, 6.45) is 6.78. The Morgan fingerprint density at radius 1 is 0.778 bits per heavy atom. The molecule has 0 bridgehead atoms. The molecule has 0 nitrogen and oxygen atoms in total. The molecule has 1 rings (SSSR count). The molecule has 1 fully saturated rings. The van der Waals surface area contributed by atoms with E-state index in [0.717, 1.165) is 47.3 Å². The van der Waals surface area contributed by atoms with Gasteiger partial charge in [0.2, 0.25) is 0 Å². The van der Waals surface area contributed by atoms with E-state index < -0.39 is 0 Å². The predicted molar refractivity (Wildman–Crippen MR) is 124 cm³/mol. The fraction of sp³-hybridized carbons (Fsp3) is 1.00. The van der Waals surface area contributed by atoms with Crippen molar-refractivity contribution in [2.24, 2.45) is 58.2 Å². The van der Waals surface area contributed by atoms with E-state index >= 15 is 0 Å². The molecule has 1 aliphatic rings. The highest BCUT2D eigenvalue weighted by atomic mass is 14.6. The Bertz CT molecular complexity index is 421. The number of hydrogen-bond donors (Lipinski definition) is 0. The van der Waals surface area contributed by atoms with Gasteiger partial charge in [-0.1, -0.05) is 109 Å². The SMILES string of the molecule is CCCCC(C)C(C)(C)CC(C)C(C)(C)C(C(C)CC)C1C(C)C(C)C1C. The van der Waals surface area contributed by atoms with Crippen LogP contribution in [0.15, 0.2) is 0 Å². The molecule has 0 saturated heterocycles. The normalized spacial score (nSPS) is 31.1. The molecular formula is C27H54. The second-order valence-corrected chi connectivity index (χ2v) is 12.0. The summed E-state index contributed by atoms with van der Waals surface area (Å²) in [6.45, 7) is 30.2. The molecule has 0 aromatic carbocycles. The molecule has 0 aliphatic heterocycles. The van der Waals surface area contributed by atoms with Crippen LogP contribution in [0.5, 0.6) is 0 Å². The van der Waals surface area contributed by atoms with Crippen LogP contribution in [0.4, 0.5) is 0 Å². The molecule has 1 saturated carbocycles. The third kappa shape index (κ3) is 5.33. The highest BCUT2D eigenvalue weighted by Crippen LogP contribution is 2.59. The highest BCUT2D eigenvalue weighted by molar-refractivity contribution is 5.01. The van der Waals surface area contributed by atoms with Crippen molar-refractivity contribution in [3.63, 3.8) is 0 Å². The fourth-order valence-corrected chi connectivity index (χ4v) is 6.51. The molecule has 0 aromatic heterocycles. The van der Waals surface area contributed by atoms with Crippen molar-refractivity contribution >= 4 is 0 Å². The van der Waals surface area contributed by atoms with Crippen LogP contribution in [0, 0.1) is 58.2 Å². The van der Waals surface area contributed by atoms with Gasteiger partial charge in [-0.2, -0.15) is 0 Å². The van der Waals surface area contributed by atoms with E-state index in [1.54, 1.807) is 0 Å². The third-order valence-corrected chi connectivity index (χ3v) is 9.83. The molecule has 0 N–H and O–H groups in total. The molecule has 0 aromatic rings. The van der Waals surface area contributed by atoms with Crippen molar-refractivity contribution in [2.75, 3.05) is 0 Å². The van der Waals surface area contributed by atoms with Crippen LogP contribution < -0.4 is 0 Å². The maximum absolute atomic E-state index is 2.61. The van der Waals surface area contributed by atoms with Crippen LogP contribution in [0.25, 0.3) is 0 Å². The van der Waals surface area contributed by atoms with E-state index in [0.29, 0.717) is 10.8 Å². The molecule has 27 heavy (non-hydrogen) atoms. The Morgan fingerprint density at radius 2 is 1.30 bits per heavy atom. The van der Waals surface area contributed by atoms with Crippen molar-refractivity contribution in [1.82, 2.24) is 0 Å². The Balaban J connectivity index is 3.00. The number of rotatable bonds is 11. The summed E-state index contributed by atoms with van der Waals surface area (Å²) >= 11 is 0. The zero-order chi connectivity index (χ0) is 21.2. The Hall–Kier alpha value is 0. The summed E-state index contributed by atoms with van der Waals surface area (Å²) in [7, 11) is 0. The van der Waals surface area contributed by atoms with E-state index in [2.05, 4.69) is 83.1 Å². The van der Waals surface area contributed by atoms with Crippen LogP contribution >= 0.6 is 0 Å². The summed E-state index contributed by atoms with van der Waals surface area (Å²) < 4.78 is 0. The average molecular weight is 379 g/mol. The average Bonchev–Trinajstić information content (AvgIpc) is 2.61. The van der Waals surface area contributed by atoms with Crippen LogP contribution in [0.1, 0.15) is 115 Å². The maximum atomic E-state index is 2.61. The number of hydrogen-bond acceptors (Lipinski definition) is 0. The molecular weight excluding hydrogens is 324 g/mol. The first kappa shape index (κ1) is 25.0. The van der Waals surface area contributed by atoms with E-state index in [4.69, 9.17) is 0 Å². The van der Waals surface area contributed by atoms with Crippen molar-refractivity contribution in [3.05, 3.63) is 0 Å². The molecule has 6 unspecified atom stereocenters. The molecule has 0 heteroatoms. The summed E-state index contributed by atoms with van der Waals surface area (Å²) in [5, 5.41) is 0. The van der Waals surface area contributed by atoms with Gasteiger partial charge in [-0.15, -0.1) is 0 Å². The van der Waals surface area contributed by atoms with Gasteiger partial charge in [0, 0.05) is 0 Å². The quantitative estimate of drug-likeness (QED) is 0.336. The minimum absolute atomic E-state index is 0.407. The van der Waals surface area contributed by atoms with E-state index in [1.807, 2.05) is 0 Å². The Labute approximate surface area is 173 Å². The molecule has 0 spiro atoms. The van der Waals surface area contributed by atoms with Crippen molar-refractivity contribution < 1.29 is 0 Å². The van der Waals surface area contributed by atoms with Gasteiger partial charge in [-0.3, -0.25) is 0 Å². The van der Waals surface area contributed by atoms with Crippen LogP contribution in [-0.2, 0) is 0 Å². The van der Waals surface area contributed by atoms with Gasteiger partial charge in [0.05, 0.1) is 0 Å². The number of unbranched alkanes of at least 4 members (excludes halogenated alkanes) is 1. The van der Waals surface area contributed by atoms with Crippen molar-refractivity contribution in [3.8, 4) is 0 Å². The zero-order valence-corrected chi connectivity index (χ0v) is 21.2. The highest BCUT2D eigenvalue weighted by Gasteiger charge is 2.53. The standard InChI is InChI=1S/C27H54/c1-13-15-16-19(4)26(9,10)17-20(5)27(11,12)25(18(3)14-2)24-22(7)21(6)23(24)8/h18-25H,13-17H2,1-12H3. The fourth-order valence-electron chi connectivity index (χ4n) is 6.51. The second-order valence-electron chi connectivity index (χ2n) is 12.0. The van der Waals surface area contributed by atoms with Gasteiger partial charge < -0.3 is 0 Å². The Kier molecular flexibility index (Phi) is 8.96. The Morgan fingerprint density at radius 3 is 1.74 bits per heavy atom. The minimum Gasteiger partial charge on any atom is -0.0654 e. The van der Waals surface area contributed by atoms with Crippen LogP contribution in [0.3, 0.4) is 0 Å². The molecule has 162 valence electrons. The minimum atomic E-state index is 0.407. The van der Waals surface area contributed by atoms with Gasteiger partial charge in [-0.25, -0.2) is 0 Å². The van der Waals surface area contributed by atoms with Gasteiger partial charge in [0.15, 0.2) is 0 Å². The van der Waals surface area contributed by atoms with E-state index in [9.17, 15) is 0 Å². The lowest BCUT2D eigenvalue weighted by Crippen LogP contribution is -2.53. The topological polar surface area (TPSA) is 0 Å². The lowest BCUT2D eigenvalue weighted by molar-refractivity contribution is -0.107. The second kappa shape index (κ2) is 9.67. The summed E-state index contributed by atoms with van der Waals surface area (Å²) in [6, 6.07) is 0. The first-order valence-corrected chi connectivity index (χ1v) is 12.3. The first-order chi connectivity index (χ1) is 12.3. The maximum Gasteiger partial charge on any atom is -0.0295 e. The zero-order valence-electron chi connectivity index (χ0n) is 21.2. The van der Waals surface area contributed by atoms with Gasteiger partial charge in [0.25, 0.3) is 0 Å². The van der Waals surface area contributed by atoms with Gasteiger partial charge in [0.1, 0.15) is 0 Å². The lowest BCUT2D eigenvalue weighted by Gasteiger charge is -2.59. The van der Waals surface area contributed by atoms with Crippen molar-refractivity contribution in [1.29, 1.82) is 0 Å².